The van der Waals surface area contributed by atoms with Crippen LogP contribution in [0.4, 0.5) is 5.13 Å². The summed E-state index contributed by atoms with van der Waals surface area (Å²) in [4.78, 5) is 12.4. The maximum Gasteiger partial charge on any atom is 0.261 e. The summed E-state index contributed by atoms with van der Waals surface area (Å²) < 4.78 is 11.6. The zero-order valence-electron chi connectivity index (χ0n) is 15.2. The molecule has 4 rings (SSSR count). The number of ether oxygens (including phenoxy) is 1. The number of methoxy groups -OCH3 is 1. The third kappa shape index (κ3) is 4.61. The lowest BCUT2D eigenvalue weighted by Crippen LogP contribution is -2.12. The van der Waals surface area contributed by atoms with Crippen LogP contribution in [0.5, 0.6) is 5.75 Å². The fraction of sp³-hybridized carbons (Fsp3) is 0.105. The van der Waals surface area contributed by atoms with Crippen molar-refractivity contribution in [2.24, 2.45) is 0 Å². The van der Waals surface area contributed by atoms with E-state index >= 15 is 0 Å². The van der Waals surface area contributed by atoms with Gasteiger partial charge in [-0.25, -0.2) is 0 Å². The van der Waals surface area contributed by atoms with Crippen molar-refractivity contribution in [1.29, 1.82) is 0 Å². The average Bonchev–Trinajstić information content (AvgIpc) is 3.42. The van der Waals surface area contributed by atoms with Gasteiger partial charge >= 0.3 is 0 Å². The van der Waals surface area contributed by atoms with E-state index in [1.165, 1.54) is 30.2 Å². The van der Waals surface area contributed by atoms with Gasteiger partial charge in [0, 0.05) is 5.56 Å². The molecule has 10 heteroatoms. The Morgan fingerprint density at radius 2 is 1.86 bits per heavy atom. The molecule has 0 saturated heterocycles. The summed E-state index contributed by atoms with van der Waals surface area (Å²) in [6.45, 7) is 0. The van der Waals surface area contributed by atoms with Crippen LogP contribution in [-0.4, -0.2) is 33.4 Å². The van der Waals surface area contributed by atoms with Crippen molar-refractivity contribution in [2.75, 3.05) is 12.4 Å². The quantitative estimate of drug-likeness (QED) is 0.348. The molecule has 0 radical (unpaired) electrons. The fourth-order valence-electron chi connectivity index (χ4n) is 2.45. The Balaban J connectivity index is 1.36. The first-order valence-electron chi connectivity index (χ1n) is 8.51. The van der Waals surface area contributed by atoms with Crippen LogP contribution in [0.3, 0.4) is 0 Å². The van der Waals surface area contributed by atoms with E-state index in [0.717, 1.165) is 5.56 Å². The highest BCUT2D eigenvalue weighted by Gasteiger charge is 2.15. The van der Waals surface area contributed by atoms with Gasteiger partial charge in [-0.15, -0.1) is 20.4 Å². The minimum atomic E-state index is -0.306. The number of aromatic nitrogens is 4. The Morgan fingerprint density at radius 3 is 2.69 bits per heavy atom. The predicted molar refractivity (Wildman–Crippen MR) is 110 cm³/mol. The second-order valence-corrected chi connectivity index (χ2v) is 7.88. The normalized spacial score (nSPS) is 10.7. The number of thioether (sulfide) groups is 1. The van der Waals surface area contributed by atoms with Gasteiger partial charge in [-0.1, -0.05) is 53.4 Å². The molecule has 0 fully saturated rings. The van der Waals surface area contributed by atoms with Crippen LogP contribution < -0.4 is 10.1 Å². The number of benzene rings is 2. The van der Waals surface area contributed by atoms with Gasteiger partial charge in [0.05, 0.1) is 18.4 Å². The molecule has 0 spiro atoms. The zero-order chi connectivity index (χ0) is 20.1. The largest absolute Gasteiger partial charge is 0.496 e. The first kappa shape index (κ1) is 19.1. The van der Waals surface area contributed by atoms with E-state index in [2.05, 4.69) is 25.7 Å². The Labute approximate surface area is 174 Å². The summed E-state index contributed by atoms with van der Waals surface area (Å²) in [5.41, 5.74) is 1.30. The van der Waals surface area contributed by atoms with Crippen molar-refractivity contribution in [2.45, 2.75) is 10.1 Å². The average molecular weight is 425 g/mol. The molecule has 2 aromatic heterocycles. The third-order valence-corrected chi connectivity index (χ3v) is 5.74. The summed E-state index contributed by atoms with van der Waals surface area (Å²) in [6.07, 6.45) is 0. The lowest BCUT2D eigenvalue weighted by Gasteiger charge is -2.06. The van der Waals surface area contributed by atoms with Gasteiger partial charge in [0.2, 0.25) is 16.9 Å². The van der Waals surface area contributed by atoms with Gasteiger partial charge in [0.1, 0.15) is 5.75 Å². The van der Waals surface area contributed by atoms with E-state index in [9.17, 15) is 4.79 Å². The van der Waals surface area contributed by atoms with Crippen LogP contribution in [0.25, 0.3) is 11.5 Å². The standard InChI is InChI=1S/C19H15N5O3S2/c1-26-14-10-6-5-9-13(14)16(25)20-18-23-24-19(29-18)28-11-15-21-22-17(27-15)12-7-3-2-4-8-12/h2-10H,11H2,1H3,(H,20,23,25). The minimum Gasteiger partial charge on any atom is -0.496 e. The fourth-order valence-corrected chi connectivity index (χ4v) is 4.03. The van der Waals surface area contributed by atoms with E-state index in [-0.39, 0.29) is 5.91 Å². The molecule has 0 saturated carbocycles. The maximum absolute atomic E-state index is 12.4. The highest BCUT2D eigenvalue weighted by molar-refractivity contribution is 8.00. The van der Waals surface area contributed by atoms with E-state index in [1.807, 2.05) is 30.3 Å². The van der Waals surface area contributed by atoms with Crippen molar-refractivity contribution >= 4 is 34.1 Å². The van der Waals surface area contributed by atoms with E-state index in [1.54, 1.807) is 24.3 Å². The Hall–Kier alpha value is -3.24. The molecule has 0 atom stereocenters. The van der Waals surface area contributed by atoms with Gasteiger partial charge < -0.3 is 9.15 Å². The molecule has 0 bridgehead atoms. The van der Waals surface area contributed by atoms with E-state index in [0.29, 0.717) is 38.3 Å². The van der Waals surface area contributed by atoms with Crippen molar-refractivity contribution in [3.05, 3.63) is 66.1 Å². The van der Waals surface area contributed by atoms with E-state index in [4.69, 9.17) is 9.15 Å². The lowest BCUT2D eigenvalue weighted by molar-refractivity contribution is 0.102. The Kier molecular flexibility index (Phi) is 5.82. The van der Waals surface area contributed by atoms with Crippen LogP contribution >= 0.6 is 23.1 Å². The molecular weight excluding hydrogens is 410 g/mol. The predicted octanol–water partition coefficient (Wildman–Crippen LogP) is 4.14. The Morgan fingerprint density at radius 1 is 1.07 bits per heavy atom. The number of amides is 1. The summed E-state index contributed by atoms with van der Waals surface area (Å²) in [5, 5.41) is 19.4. The molecule has 2 aromatic carbocycles. The molecule has 0 unspecified atom stereocenters. The van der Waals surface area contributed by atoms with Gasteiger partial charge in [-0.2, -0.15) is 0 Å². The van der Waals surface area contributed by atoms with Gasteiger partial charge in [0.25, 0.3) is 5.91 Å². The molecule has 0 aliphatic carbocycles. The summed E-state index contributed by atoms with van der Waals surface area (Å²) >= 11 is 2.68. The monoisotopic (exact) mass is 425 g/mol. The van der Waals surface area contributed by atoms with Crippen molar-refractivity contribution in [3.63, 3.8) is 0 Å². The number of rotatable bonds is 7. The molecule has 8 nitrogen and oxygen atoms in total. The molecular formula is C19H15N5O3S2. The van der Waals surface area contributed by atoms with Crippen molar-refractivity contribution in [1.82, 2.24) is 20.4 Å². The second-order valence-electron chi connectivity index (χ2n) is 5.68. The first-order chi connectivity index (χ1) is 14.2. The number of carbonyl (C=O) groups is 1. The van der Waals surface area contributed by atoms with Crippen LogP contribution in [0.15, 0.2) is 63.4 Å². The molecule has 1 N–H and O–H groups in total. The van der Waals surface area contributed by atoms with Gasteiger partial charge in [-0.05, 0) is 24.3 Å². The van der Waals surface area contributed by atoms with Crippen molar-refractivity contribution < 1.29 is 13.9 Å². The molecule has 146 valence electrons. The minimum absolute atomic E-state index is 0.306. The number of nitrogens with zero attached hydrogens (tertiary/aromatic N) is 4. The SMILES string of the molecule is COc1ccccc1C(=O)Nc1nnc(SCc2nnc(-c3ccccc3)o2)s1. The summed E-state index contributed by atoms with van der Waals surface area (Å²) in [6, 6.07) is 16.6. The highest BCUT2D eigenvalue weighted by atomic mass is 32.2. The van der Waals surface area contributed by atoms with Crippen LogP contribution in [0.2, 0.25) is 0 Å². The molecule has 0 aliphatic rings. The zero-order valence-corrected chi connectivity index (χ0v) is 16.9. The van der Waals surface area contributed by atoms with Crippen molar-refractivity contribution in [3.8, 4) is 17.2 Å². The smallest absolute Gasteiger partial charge is 0.261 e. The number of anilines is 1. The Bertz CT molecular complexity index is 1110. The summed E-state index contributed by atoms with van der Waals surface area (Å²) in [5.74, 6) is 1.61. The maximum atomic E-state index is 12.4. The van der Waals surface area contributed by atoms with E-state index < -0.39 is 0 Å². The first-order valence-corrected chi connectivity index (χ1v) is 10.3. The topological polar surface area (TPSA) is 103 Å². The summed E-state index contributed by atoms with van der Waals surface area (Å²) in [7, 11) is 1.52. The number of hydrogen-bond acceptors (Lipinski definition) is 9. The number of carbonyl (C=O) groups excluding carboxylic acids is 1. The molecule has 29 heavy (non-hydrogen) atoms. The van der Waals surface area contributed by atoms with Crippen LogP contribution in [0.1, 0.15) is 16.2 Å². The third-order valence-electron chi connectivity index (χ3n) is 3.79. The number of para-hydroxylation sites is 1. The molecule has 2 heterocycles. The van der Waals surface area contributed by atoms with Gasteiger partial charge in [-0.3, -0.25) is 10.1 Å². The second kappa shape index (κ2) is 8.84. The molecule has 0 aliphatic heterocycles. The highest BCUT2D eigenvalue weighted by Crippen LogP contribution is 2.29. The van der Waals surface area contributed by atoms with Crippen LogP contribution in [-0.2, 0) is 5.75 Å². The number of hydrogen-bond donors (Lipinski definition) is 1. The molecule has 4 aromatic rings. The lowest BCUT2D eigenvalue weighted by atomic mass is 10.2. The number of nitrogens with one attached hydrogen (secondary N) is 1. The molecule has 1 amide bonds. The van der Waals surface area contributed by atoms with Gasteiger partial charge in [0.15, 0.2) is 4.34 Å². The van der Waals surface area contributed by atoms with Crippen LogP contribution in [0, 0.1) is 0 Å².